The Balaban J connectivity index is 0.00000208. The van der Waals surface area contributed by atoms with E-state index in [1.807, 2.05) is 33.8 Å². The summed E-state index contributed by atoms with van der Waals surface area (Å²) < 4.78 is 1.83. The zero-order valence-corrected chi connectivity index (χ0v) is 15.4. The molecule has 0 aliphatic carbocycles. The fourth-order valence-electron chi connectivity index (χ4n) is 2.93. The van der Waals surface area contributed by atoms with Crippen molar-refractivity contribution < 1.29 is 4.79 Å². The lowest BCUT2D eigenvalue weighted by Gasteiger charge is -2.27. The first-order valence-electron chi connectivity index (χ1n) is 7.92. The lowest BCUT2D eigenvalue weighted by Crippen LogP contribution is -2.46. The fourth-order valence-corrected chi connectivity index (χ4v) is 3.11. The second-order valence-electron chi connectivity index (χ2n) is 6.03. The number of nitrogens with one attached hydrogen (secondary N) is 1. The number of piperazine rings is 1. The van der Waals surface area contributed by atoms with Crippen molar-refractivity contribution in [1.29, 1.82) is 0 Å². The predicted octanol–water partition coefficient (Wildman–Crippen LogP) is 3.12. The second kappa shape index (κ2) is 8.01. The molecule has 5 nitrogen and oxygen atoms in total. The first-order valence-corrected chi connectivity index (χ1v) is 8.29. The highest BCUT2D eigenvalue weighted by Crippen LogP contribution is 2.25. The Bertz CT molecular complexity index is 708. The molecule has 2 heterocycles. The van der Waals surface area contributed by atoms with E-state index in [1.165, 1.54) is 0 Å². The third-order valence-electron chi connectivity index (χ3n) is 4.04. The lowest BCUT2D eigenvalue weighted by atomic mass is 10.0. The number of carbonyl (C=O) groups is 1. The van der Waals surface area contributed by atoms with E-state index >= 15 is 0 Å². The van der Waals surface area contributed by atoms with Crippen molar-refractivity contribution in [2.75, 3.05) is 26.2 Å². The van der Waals surface area contributed by atoms with Crippen LogP contribution in [0.15, 0.2) is 30.5 Å². The maximum Gasteiger partial charge on any atom is 0.257 e. The van der Waals surface area contributed by atoms with Crippen LogP contribution in [0.4, 0.5) is 0 Å². The smallest absolute Gasteiger partial charge is 0.257 e. The maximum atomic E-state index is 12.9. The second-order valence-corrected chi connectivity index (χ2v) is 6.47. The van der Waals surface area contributed by atoms with Crippen LogP contribution >= 0.6 is 24.0 Å². The van der Waals surface area contributed by atoms with Crippen molar-refractivity contribution in [2.24, 2.45) is 0 Å². The zero-order chi connectivity index (χ0) is 16.4. The predicted molar refractivity (Wildman–Crippen MR) is 98.7 cm³/mol. The summed E-state index contributed by atoms with van der Waals surface area (Å²) in [5.41, 5.74) is 2.48. The van der Waals surface area contributed by atoms with Crippen molar-refractivity contribution in [3.63, 3.8) is 0 Å². The summed E-state index contributed by atoms with van der Waals surface area (Å²) in [4.78, 5) is 14.7. The van der Waals surface area contributed by atoms with Crippen LogP contribution in [0.5, 0.6) is 0 Å². The third kappa shape index (κ3) is 3.74. The van der Waals surface area contributed by atoms with Gasteiger partial charge in [-0.3, -0.25) is 4.79 Å². The lowest BCUT2D eigenvalue weighted by molar-refractivity contribution is 0.0734. The molecule has 7 heteroatoms. The summed E-state index contributed by atoms with van der Waals surface area (Å²) in [5.74, 6) is 0.238. The summed E-state index contributed by atoms with van der Waals surface area (Å²) in [6, 6.07) is 7.53. The number of benzene rings is 1. The summed E-state index contributed by atoms with van der Waals surface area (Å²) in [7, 11) is 0. The van der Waals surface area contributed by atoms with Crippen LogP contribution in [0.3, 0.4) is 0 Å². The van der Waals surface area contributed by atoms with E-state index in [0.717, 1.165) is 37.6 Å². The molecule has 0 bridgehead atoms. The number of nitrogens with zero attached hydrogens (tertiary/aromatic N) is 3. The van der Waals surface area contributed by atoms with Gasteiger partial charge >= 0.3 is 0 Å². The minimum Gasteiger partial charge on any atom is -0.336 e. The molecule has 3 rings (SSSR count). The summed E-state index contributed by atoms with van der Waals surface area (Å²) in [5, 5.41) is 8.38. The molecular formula is C17H22Cl2N4O. The van der Waals surface area contributed by atoms with Gasteiger partial charge in [-0.2, -0.15) is 5.10 Å². The molecule has 1 aliphatic rings. The van der Waals surface area contributed by atoms with E-state index < -0.39 is 0 Å². The minimum absolute atomic E-state index is 0. The number of rotatable bonds is 3. The Morgan fingerprint density at radius 2 is 2.00 bits per heavy atom. The summed E-state index contributed by atoms with van der Waals surface area (Å²) in [6.07, 6.45) is 1.68. The van der Waals surface area contributed by atoms with Crippen molar-refractivity contribution in [3.8, 4) is 5.69 Å². The number of halogens is 2. The third-order valence-corrected chi connectivity index (χ3v) is 4.28. The molecule has 1 aromatic carbocycles. The number of hydrogen-bond donors (Lipinski definition) is 1. The Kier molecular flexibility index (Phi) is 6.27. The highest BCUT2D eigenvalue weighted by atomic mass is 35.5. The monoisotopic (exact) mass is 368 g/mol. The van der Waals surface area contributed by atoms with Gasteiger partial charge < -0.3 is 10.2 Å². The first kappa shape index (κ1) is 18.8. The van der Waals surface area contributed by atoms with Gasteiger partial charge in [0.25, 0.3) is 5.91 Å². The zero-order valence-electron chi connectivity index (χ0n) is 13.8. The highest BCUT2D eigenvalue weighted by Gasteiger charge is 2.25. The molecule has 1 N–H and O–H groups in total. The SMILES string of the molecule is CC(C)c1c(C(=O)N2CCNCC2)cnn1-c1cccc(Cl)c1.Cl. The Labute approximate surface area is 153 Å². The molecule has 0 unspecified atom stereocenters. The van der Waals surface area contributed by atoms with Crippen molar-refractivity contribution >= 4 is 29.9 Å². The number of hydrogen-bond acceptors (Lipinski definition) is 3. The van der Waals surface area contributed by atoms with Crippen LogP contribution < -0.4 is 5.32 Å². The number of carbonyl (C=O) groups excluding carboxylic acids is 1. The van der Waals surface area contributed by atoms with Crippen molar-refractivity contribution in [2.45, 2.75) is 19.8 Å². The number of amides is 1. The molecule has 24 heavy (non-hydrogen) atoms. The molecular weight excluding hydrogens is 347 g/mol. The van der Waals surface area contributed by atoms with Crippen LogP contribution in [0.1, 0.15) is 35.8 Å². The maximum absolute atomic E-state index is 12.9. The van der Waals surface area contributed by atoms with Gasteiger partial charge in [-0.15, -0.1) is 12.4 Å². The van der Waals surface area contributed by atoms with E-state index in [2.05, 4.69) is 24.3 Å². The van der Waals surface area contributed by atoms with Crippen LogP contribution in [0.2, 0.25) is 5.02 Å². The Morgan fingerprint density at radius 3 is 2.62 bits per heavy atom. The Hall–Kier alpha value is -1.56. The molecule has 1 saturated heterocycles. The van der Waals surface area contributed by atoms with E-state index in [1.54, 1.807) is 6.20 Å². The summed E-state index contributed by atoms with van der Waals surface area (Å²) in [6.45, 7) is 7.30. The average Bonchev–Trinajstić information content (AvgIpc) is 3.00. The molecule has 0 spiro atoms. The van der Waals surface area contributed by atoms with Gasteiger partial charge in [0, 0.05) is 31.2 Å². The van der Waals surface area contributed by atoms with Crippen LogP contribution in [0.25, 0.3) is 5.69 Å². The molecule has 1 amide bonds. The molecule has 2 aromatic rings. The van der Waals surface area contributed by atoms with Crippen molar-refractivity contribution in [3.05, 3.63) is 46.7 Å². The van der Waals surface area contributed by atoms with Gasteiger partial charge in [0.05, 0.1) is 23.1 Å². The van der Waals surface area contributed by atoms with Crippen LogP contribution in [0, 0.1) is 0 Å². The molecule has 1 aliphatic heterocycles. The first-order chi connectivity index (χ1) is 11.1. The van der Waals surface area contributed by atoms with Gasteiger partial charge in [-0.1, -0.05) is 31.5 Å². The number of aromatic nitrogens is 2. The van der Waals surface area contributed by atoms with Gasteiger partial charge in [0.1, 0.15) is 0 Å². The van der Waals surface area contributed by atoms with Crippen molar-refractivity contribution in [1.82, 2.24) is 20.0 Å². The van der Waals surface area contributed by atoms with E-state index in [9.17, 15) is 4.79 Å². The van der Waals surface area contributed by atoms with Crippen LogP contribution in [-0.2, 0) is 0 Å². The van der Waals surface area contributed by atoms with Gasteiger partial charge in [0.15, 0.2) is 0 Å². The quantitative estimate of drug-likeness (QED) is 0.905. The van der Waals surface area contributed by atoms with E-state index in [-0.39, 0.29) is 24.2 Å². The topological polar surface area (TPSA) is 50.2 Å². The molecule has 130 valence electrons. The van der Waals surface area contributed by atoms with Crippen LogP contribution in [-0.4, -0.2) is 46.8 Å². The molecule has 0 saturated carbocycles. The largest absolute Gasteiger partial charge is 0.336 e. The standard InChI is InChI=1S/C17H21ClN4O.ClH/c1-12(2)16-15(17(23)21-8-6-19-7-9-21)11-20-22(16)14-5-3-4-13(18)10-14;/h3-5,10-12,19H,6-9H2,1-2H3;1H. The van der Waals surface area contributed by atoms with Gasteiger partial charge in [-0.25, -0.2) is 4.68 Å². The normalized spacial score (nSPS) is 14.6. The van der Waals surface area contributed by atoms with Gasteiger partial charge in [-0.05, 0) is 24.1 Å². The van der Waals surface area contributed by atoms with E-state index in [0.29, 0.717) is 10.6 Å². The highest BCUT2D eigenvalue weighted by molar-refractivity contribution is 6.30. The average molecular weight is 369 g/mol. The molecule has 1 aromatic heterocycles. The van der Waals surface area contributed by atoms with E-state index in [4.69, 9.17) is 11.6 Å². The molecule has 0 radical (unpaired) electrons. The van der Waals surface area contributed by atoms with Gasteiger partial charge in [0.2, 0.25) is 0 Å². The minimum atomic E-state index is 0. The Morgan fingerprint density at radius 1 is 1.29 bits per heavy atom. The fraction of sp³-hybridized carbons (Fsp3) is 0.412. The molecule has 1 fully saturated rings. The summed E-state index contributed by atoms with van der Waals surface area (Å²) >= 11 is 6.09. The molecule has 0 atom stereocenters.